The van der Waals surface area contributed by atoms with E-state index in [9.17, 15) is 5.11 Å². The summed E-state index contributed by atoms with van der Waals surface area (Å²) in [4.78, 5) is 0. The quantitative estimate of drug-likeness (QED) is 0.870. The summed E-state index contributed by atoms with van der Waals surface area (Å²) in [6.45, 7) is 7.04. The van der Waals surface area contributed by atoms with E-state index in [2.05, 4.69) is 32.9 Å². The van der Waals surface area contributed by atoms with Gasteiger partial charge in [0.1, 0.15) is 5.75 Å². The maximum absolute atomic E-state index is 9.47. The molecule has 1 saturated carbocycles. The minimum absolute atomic E-state index is 0.0836. The Morgan fingerprint density at radius 1 is 1.30 bits per heavy atom. The first-order valence-corrected chi connectivity index (χ1v) is 7.56. The molecule has 0 heterocycles. The summed E-state index contributed by atoms with van der Waals surface area (Å²) in [6.07, 6.45) is 4.07. The van der Waals surface area contributed by atoms with Gasteiger partial charge in [-0.25, -0.2) is 0 Å². The summed E-state index contributed by atoms with van der Waals surface area (Å²) in [5, 5.41) is 9.47. The predicted octanol–water partition coefficient (Wildman–Crippen LogP) is 2.87. The Morgan fingerprint density at radius 2 is 1.95 bits per heavy atom. The van der Waals surface area contributed by atoms with Crippen LogP contribution in [-0.2, 0) is 0 Å². The van der Waals surface area contributed by atoms with Crippen LogP contribution in [-0.4, -0.2) is 23.9 Å². The number of aliphatic hydroxyl groups excluding tert-OH is 1. The molecule has 1 aliphatic carbocycles. The fourth-order valence-corrected chi connectivity index (χ4v) is 3.51. The zero-order valence-electron chi connectivity index (χ0n) is 12.9. The van der Waals surface area contributed by atoms with Crippen molar-refractivity contribution in [1.82, 2.24) is 0 Å². The van der Waals surface area contributed by atoms with Crippen molar-refractivity contribution in [2.24, 2.45) is 11.7 Å². The molecule has 0 spiro atoms. The molecule has 2 rings (SSSR count). The molecule has 3 heteroatoms. The van der Waals surface area contributed by atoms with Crippen molar-refractivity contribution in [3.63, 3.8) is 0 Å². The van der Waals surface area contributed by atoms with Gasteiger partial charge in [0.05, 0.1) is 13.2 Å². The summed E-state index contributed by atoms with van der Waals surface area (Å²) < 4.78 is 5.99. The molecule has 0 radical (unpaired) electrons. The van der Waals surface area contributed by atoms with Crippen LogP contribution in [0.3, 0.4) is 0 Å². The van der Waals surface area contributed by atoms with Crippen LogP contribution in [0.1, 0.15) is 42.4 Å². The van der Waals surface area contributed by atoms with Crippen molar-refractivity contribution < 1.29 is 9.84 Å². The monoisotopic (exact) mass is 277 g/mol. The first-order chi connectivity index (χ1) is 9.46. The van der Waals surface area contributed by atoms with Gasteiger partial charge >= 0.3 is 0 Å². The highest BCUT2D eigenvalue weighted by Crippen LogP contribution is 2.36. The molecule has 1 fully saturated rings. The van der Waals surface area contributed by atoms with Gasteiger partial charge in [-0.05, 0) is 57.1 Å². The van der Waals surface area contributed by atoms with E-state index >= 15 is 0 Å². The van der Waals surface area contributed by atoms with Gasteiger partial charge < -0.3 is 15.6 Å². The molecule has 0 amide bonds. The number of hydrogen-bond donors (Lipinski definition) is 2. The highest BCUT2D eigenvalue weighted by atomic mass is 16.5. The number of rotatable bonds is 5. The highest BCUT2D eigenvalue weighted by Gasteiger charge is 2.38. The number of benzene rings is 1. The molecular formula is C17H27NO2. The zero-order chi connectivity index (χ0) is 14.8. The average Bonchev–Trinajstić information content (AvgIpc) is 2.75. The second-order valence-corrected chi connectivity index (χ2v) is 6.35. The number of nitrogens with two attached hydrogens (primary N) is 1. The maximum atomic E-state index is 9.47. The Hall–Kier alpha value is -1.06. The van der Waals surface area contributed by atoms with E-state index in [-0.39, 0.29) is 12.1 Å². The van der Waals surface area contributed by atoms with Crippen LogP contribution in [0.4, 0.5) is 0 Å². The third-order valence-corrected chi connectivity index (χ3v) is 4.62. The molecule has 0 bridgehead atoms. The van der Waals surface area contributed by atoms with Crippen molar-refractivity contribution >= 4 is 0 Å². The van der Waals surface area contributed by atoms with Gasteiger partial charge in [0.2, 0.25) is 0 Å². The molecule has 1 aromatic carbocycles. The third-order valence-electron chi connectivity index (χ3n) is 4.62. The minimum Gasteiger partial charge on any atom is -0.493 e. The smallest absolute Gasteiger partial charge is 0.125 e. The lowest BCUT2D eigenvalue weighted by Gasteiger charge is -2.29. The molecule has 20 heavy (non-hydrogen) atoms. The first-order valence-electron chi connectivity index (χ1n) is 7.56. The third kappa shape index (κ3) is 3.15. The first kappa shape index (κ1) is 15.3. The topological polar surface area (TPSA) is 55.5 Å². The van der Waals surface area contributed by atoms with Crippen LogP contribution < -0.4 is 10.5 Å². The van der Waals surface area contributed by atoms with Crippen molar-refractivity contribution in [2.75, 3.05) is 13.2 Å². The Balaban J connectivity index is 1.94. The molecule has 0 aromatic heterocycles. The second-order valence-electron chi connectivity index (χ2n) is 6.35. The Bertz CT molecular complexity index is 449. The number of aryl methyl sites for hydroxylation is 3. The number of aliphatic hydroxyl groups is 1. The summed E-state index contributed by atoms with van der Waals surface area (Å²) in [6, 6.07) is 4.30. The normalized spacial score (nSPS) is 25.9. The number of hydrogen-bond acceptors (Lipinski definition) is 3. The van der Waals surface area contributed by atoms with Crippen molar-refractivity contribution in [2.45, 2.75) is 52.0 Å². The van der Waals surface area contributed by atoms with E-state index < -0.39 is 0 Å². The van der Waals surface area contributed by atoms with Crippen LogP contribution in [0, 0.1) is 26.7 Å². The van der Waals surface area contributed by atoms with E-state index in [1.165, 1.54) is 16.7 Å². The number of ether oxygens (including phenoxy) is 1. The van der Waals surface area contributed by atoms with Crippen LogP contribution in [0.5, 0.6) is 5.75 Å². The molecule has 3 N–H and O–H groups in total. The molecule has 2 atom stereocenters. The van der Waals surface area contributed by atoms with E-state index in [1.54, 1.807) is 0 Å². The molecule has 1 aliphatic rings. The molecular weight excluding hydrogens is 250 g/mol. The summed E-state index contributed by atoms with van der Waals surface area (Å²) in [7, 11) is 0. The van der Waals surface area contributed by atoms with Crippen LogP contribution in [0.25, 0.3) is 0 Å². The maximum Gasteiger partial charge on any atom is 0.125 e. The van der Waals surface area contributed by atoms with Gasteiger partial charge in [0.15, 0.2) is 0 Å². The van der Waals surface area contributed by atoms with Gasteiger partial charge in [-0.15, -0.1) is 0 Å². The SMILES string of the molecule is Cc1cc(C)c(OCCC2CCCC2(N)CO)c(C)c1. The van der Waals surface area contributed by atoms with Gasteiger partial charge in [-0.1, -0.05) is 24.1 Å². The van der Waals surface area contributed by atoms with E-state index in [4.69, 9.17) is 10.5 Å². The summed E-state index contributed by atoms with van der Waals surface area (Å²) >= 11 is 0. The molecule has 3 nitrogen and oxygen atoms in total. The van der Waals surface area contributed by atoms with Gasteiger partial charge in [-0.2, -0.15) is 0 Å². The fraction of sp³-hybridized carbons (Fsp3) is 0.647. The Labute approximate surface area is 122 Å². The second kappa shape index (κ2) is 6.15. The van der Waals surface area contributed by atoms with Crippen LogP contribution in [0.2, 0.25) is 0 Å². The Morgan fingerprint density at radius 3 is 2.55 bits per heavy atom. The van der Waals surface area contributed by atoms with Crippen LogP contribution >= 0.6 is 0 Å². The van der Waals surface area contributed by atoms with Crippen molar-refractivity contribution in [3.05, 3.63) is 28.8 Å². The predicted molar refractivity (Wildman–Crippen MR) is 82.1 cm³/mol. The minimum atomic E-state index is -0.388. The lowest BCUT2D eigenvalue weighted by atomic mass is 9.87. The molecule has 2 unspecified atom stereocenters. The molecule has 0 aliphatic heterocycles. The molecule has 1 aromatic rings. The van der Waals surface area contributed by atoms with E-state index in [0.717, 1.165) is 31.4 Å². The highest BCUT2D eigenvalue weighted by molar-refractivity contribution is 5.42. The van der Waals surface area contributed by atoms with Crippen molar-refractivity contribution in [1.29, 1.82) is 0 Å². The van der Waals surface area contributed by atoms with E-state index in [0.29, 0.717) is 12.5 Å². The fourth-order valence-electron chi connectivity index (χ4n) is 3.51. The largest absolute Gasteiger partial charge is 0.493 e. The van der Waals surface area contributed by atoms with Crippen molar-refractivity contribution in [3.8, 4) is 5.75 Å². The zero-order valence-corrected chi connectivity index (χ0v) is 12.9. The lowest BCUT2D eigenvalue weighted by Crippen LogP contribution is -2.47. The van der Waals surface area contributed by atoms with E-state index in [1.807, 2.05) is 0 Å². The lowest BCUT2D eigenvalue weighted by molar-refractivity contribution is 0.143. The Kier molecular flexibility index (Phi) is 4.71. The van der Waals surface area contributed by atoms with Gasteiger partial charge in [-0.3, -0.25) is 0 Å². The van der Waals surface area contributed by atoms with Gasteiger partial charge in [0, 0.05) is 5.54 Å². The molecule has 112 valence electrons. The van der Waals surface area contributed by atoms with Crippen LogP contribution in [0.15, 0.2) is 12.1 Å². The molecule has 0 saturated heterocycles. The standard InChI is InChI=1S/C17H27NO2/c1-12-9-13(2)16(14(3)10-12)20-8-6-15-5-4-7-17(15,18)11-19/h9-10,15,19H,4-8,11,18H2,1-3H3. The summed E-state index contributed by atoms with van der Waals surface area (Å²) in [5.74, 6) is 1.37. The van der Waals surface area contributed by atoms with Gasteiger partial charge in [0.25, 0.3) is 0 Å². The summed E-state index contributed by atoms with van der Waals surface area (Å²) in [5.41, 5.74) is 9.52. The average molecular weight is 277 g/mol.